The largest absolute Gasteiger partial charge is 0.312 e. The molecule has 0 aromatic carbocycles. The molecule has 0 aliphatic heterocycles. The zero-order chi connectivity index (χ0) is 11.5. The molecular weight excluding hydrogens is 286 g/mol. The van der Waals surface area contributed by atoms with Crippen molar-refractivity contribution in [1.29, 1.82) is 0 Å². The maximum atomic E-state index is 4.19. The van der Waals surface area contributed by atoms with Crippen LogP contribution in [0.4, 0.5) is 0 Å². The molecule has 0 radical (unpaired) electrons. The zero-order valence-corrected chi connectivity index (χ0v) is 11.7. The van der Waals surface area contributed by atoms with Crippen molar-refractivity contribution >= 4 is 27.3 Å². The smallest absolute Gasteiger partial charge is 0.0701 e. The molecule has 5 heteroatoms. The summed E-state index contributed by atoms with van der Waals surface area (Å²) in [6.07, 6.45) is 4.96. The Morgan fingerprint density at radius 2 is 2.38 bits per heavy atom. The number of likely N-dealkylation sites (N-methyl/N-ethyl adjacent to an activating group) is 1. The summed E-state index contributed by atoms with van der Waals surface area (Å²) >= 11 is 5.27. The van der Waals surface area contributed by atoms with Crippen LogP contribution < -0.4 is 5.32 Å². The maximum absolute atomic E-state index is 4.19. The number of nitrogens with zero attached hydrogens (tertiary/aromatic N) is 2. The van der Waals surface area contributed by atoms with E-state index in [2.05, 4.69) is 44.7 Å². The predicted molar refractivity (Wildman–Crippen MR) is 70.7 cm³/mol. The van der Waals surface area contributed by atoms with E-state index in [1.54, 1.807) is 11.3 Å². The van der Waals surface area contributed by atoms with Crippen molar-refractivity contribution in [1.82, 2.24) is 15.1 Å². The highest BCUT2D eigenvalue weighted by atomic mass is 79.9. The number of nitrogens with one attached hydrogen (secondary N) is 1. The third-order valence-electron chi connectivity index (χ3n) is 2.48. The molecule has 2 aromatic rings. The molecule has 0 saturated carbocycles. The summed E-state index contributed by atoms with van der Waals surface area (Å²) in [4.78, 5) is 1.35. The first-order valence-corrected chi connectivity index (χ1v) is 6.70. The van der Waals surface area contributed by atoms with E-state index in [1.807, 2.05) is 25.0 Å². The summed E-state index contributed by atoms with van der Waals surface area (Å²) in [6.45, 7) is 0. The lowest BCUT2D eigenvalue weighted by molar-refractivity contribution is 0.602. The fourth-order valence-electron chi connectivity index (χ4n) is 1.67. The minimum absolute atomic E-state index is 0.362. The van der Waals surface area contributed by atoms with Crippen molar-refractivity contribution < 1.29 is 0 Å². The van der Waals surface area contributed by atoms with E-state index in [0.717, 1.165) is 6.42 Å². The highest BCUT2D eigenvalue weighted by molar-refractivity contribution is 9.11. The van der Waals surface area contributed by atoms with Gasteiger partial charge in [-0.15, -0.1) is 11.3 Å². The van der Waals surface area contributed by atoms with E-state index in [9.17, 15) is 0 Å². The van der Waals surface area contributed by atoms with Crippen LogP contribution in [0.3, 0.4) is 0 Å². The Kier molecular flexibility index (Phi) is 3.78. The number of aromatic nitrogens is 2. The van der Waals surface area contributed by atoms with Crippen molar-refractivity contribution in [3.8, 4) is 0 Å². The standard InChI is InChI=1S/C11H14BrN3S/c1-13-9(10-3-4-11(12)16-10)5-8-6-14-15(2)7-8/h3-4,6-7,9,13H,5H2,1-2H3. The monoisotopic (exact) mass is 299 g/mol. The summed E-state index contributed by atoms with van der Waals surface area (Å²) in [5, 5.41) is 7.53. The molecule has 0 amide bonds. The average Bonchev–Trinajstić information content (AvgIpc) is 2.84. The van der Waals surface area contributed by atoms with Crippen LogP contribution in [0.1, 0.15) is 16.5 Å². The fourth-order valence-corrected chi connectivity index (χ4v) is 3.21. The van der Waals surface area contributed by atoms with Gasteiger partial charge in [-0.05, 0) is 47.1 Å². The van der Waals surface area contributed by atoms with Crippen LogP contribution in [0, 0.1) is 0 Å². The molecule has 0 aliphatic rings. The van der Waals surface area contributed by atoms with E-state index in [0.29, 0.717) is 6.04 Å². The van der Waals surface area contributed by atoms with Crippen LogP contribution in [0.2, 0.25) is 0 Å². The minimum Gasteiger partial charge on any atom is -0.312 e. The minimum atomic E-state index is 0.362. The molecule has 0 fully saturated rings. The predicted octanol–water partition coefficient (Wildman–Crippen LogP) is 2.75. The normalized spacial score (nSPS) is 12.9. The third kappa shape index (κ3) is 2.72. The molecule has 2 heterocycles. The number of halogens is 1. The Morgan fingerprint density at radius 1 is 1.56 bits per heavy atom. The molecule has 2 aromatic heterocycles. The lowest BCUT2D eigenvalue weighted by Gasteiger charge is -2.12. The molecule has 0 aliphatic carbocycles. The van der Waals surface area contributed by atoms with Gasteiger partial charge in [0, 0.05) is 24.2 Å². The highest BCUT2D eigenvalue weighted by Crippen LogP contribution is 2.28. The van der Waals surface area contributed by atoms with Gasteiger partial charge in [-0.2, -0.15) is 5.10 Å². The van der Waals surface area contributed by atoms with Crippen molar-refractivity contribution in [3.63, 3.8) is 0 Å². The Bertz CT molecular complexity index is 463. The van der Waals surface area contributed by atoms with Gasteiger partial charge in [-0.1, -0.05) is 0 Å². The molecule has 0 bridgehead atoms. The van der Waals surface area contributed by atoms with Gasteiger partial charge in [-0.25, -0.2) is 0 Å². The number of rotatable bonds is 4. The fraction of sp³-hybridized carbons (Fsp3) is 0.364. The van der Waals surface area contributed by atoms with E-state index >= 15 is 0 Å². The van der Waals surface area contributed by atoms with Crippen LogP contribution in [-0.4, -0.2) is 16.8 Å². The Morgan fingerprint density at radius 3 is 2.88 bits per heavy atom. The second kappa shape index (κ2) is 5.12. The molecule has 0 saturated heterocycles. The van der Waals surface area contributed by atoms with Gasteiger partial charge in [-0.3, -0.25) is 4.68 Å². The van der Waals surface area contributed by atoms with Gasteiger partial charge in [0.25, 0.3) is 0 Å². The summed E-state index contributed by atoms with van der Waals surface area (Å²) in [6, 6.07) is 4.61. The summed E-state index contributed by atoms with van der Waals surface area (Å²) in [5.74, 6) is 0. The molecule has 1 unspecified atom stereocenters. The van der Waals surface area contributed by atoms with Gasteiger partial charge in [0.15, 0.2) is 0 Å². The second-order valence-corrected chi connectivity index (χ2v) is 6.20. The lowest BCUT2D eigenvalue weighted by atomic mass is 10.1. The first-order chi connectivity index (χ1) is 7.69. The van der Waals surface area contributed by atoms with E-state index < -0.39 is 0 Å². The van der Waals surface area contributed by atoms with Gasteiger partial charge in [0.1, 0.15) is 0 Å². The van der Waals surface area contributed by atoms with Gasteiger partial charge in [0.05, 0.1) is 9.98 Å². The Labute approximate surface area is 108 Å². The van der Waals surface area contributed by atoms with E-state index in [1.165, 1.54) is 14.2 Å². The quantitative estimate of drug-likeness (QED) is 0.941. The molecule has 1 atom stereocenters. The number of hydrogen-bond donors (Lipinski definition) is 1. The third-order valence-corrected chi connectivity index (χ3v) is 4.22. The molecule has 0 spiro atoms. The summed E-state index contributed by atoms with van der Waals surface area (Å²) in [5.41, 5.74) is 1.26. The molecule has 1 N–H and O–H groups in total. The van der Waals surface area contributed by atoms with Crippen molar-refractivity contribution in [3.05, 3.63) is 38.8 Å². The van der Waals surface area contributed by atoms with Crippen LogP contribution in [-0.2, 0) is 13.5 Å². The highest BCUT2D eigenvalue weighted by Gasteiger charge is 2.13. The lowest BCUT2D eigenvalue weighted by Crippen LogP contribution is -2.17. The van der Waals surface area contributed by atoms with Crippen molar-refractivity contribution in [2.75, 3.05) is 7.05 Å². The topological polar surface area (TPSA) is 29.9 Å². The zero-order valence-electron chi connectivity index (χ0n) is 9.27. The Hall–Kier alpha value is -0.650. The summed E-state index contributed by atoms with van der Waals surface area (Å²) < 4.78 is 3.01. The number of hydrogen-bond acceptors (Lipinski definition) is 3. The van der Waals surface area contributed by atoms with Gasteiger partial charge < -0.3 is 5.32 Å². The first-order valence-electron chi connectivity index (χ1n) is 5.09. The summed E-state index contributed by atoms with van der Waals surface area (Å²) in [7, 11) is 3.94. The molecule has 3 nitrogen and oxygen atoms in total. The van der Waals surface area contributed by atoms with E-state index in [-0.39, 0.29) is 0 Å². The number of thiophene rings is 1. The van der Waals surface area contributed by atoms with Crippen LogP contribution in [0.5, 0.6) is 0 Å². The van der Waals surface area contributed by atoms with Crippen molar-refractivity contribution in [2.24, 2.45) is 7.05 Å². The molecule has 16 heavy (non-hydrogen) atoms. The second-order valence-electron chi connectivity index (χ2n) is 3.71. The van der Waals surface area contributed by atoms with Crippen LogP contribution in [0.15, 0.2) is 28.3 Å². The molecule has 86 valence electrons. The molecular formula is C11H14BrN3S. The maximum Gasteiger partial charge on any atom is 0.0701 e. The van der Waals surface area contributed by atoms with Crippen molar-refractivity contribution in [2.45, 2.75) is 12.5 Å². The van der Waals surface area contributed by atoms with Crippen LogP contribution >= 0.6 is 27.3 Å². The average molecular weight is 300 g/mol. The SMILES string of the molecule is CNC(Cc1cnn(C)c1)c1ccc(Br)s1. The van der Waals surface area contributed by atoms with Gasteiger partial charge in [0.2, 0.25) is 0 Å². The molecule has 2 rings (SSSR count). The van der Waals surface area contributed by atoms with E-state index in [4.69, 9.17) is 0 Å². The van der Waals surface area contributed by atoms with Gasteiger partial charge >= 0.3 is 0 Å². The first kappa shape index (κ1) is 11.8. The van der Waals surface area contributed by atoms with Crippen LogP contribution in [0.25, 0.3) is 0 Å². The Balaban J connectivity index is 2.12. The number of aryl methyl sites for hydroxylation is 1.